The van der Waals surface area contributed by atoms with Crippen LogP contribution in [0.5, 0.6) is 5.75 Å². The van der Waals surface area contributed by atoms with Gasteiger partial charge in [-0.15, -0.1) is 0 Å². The van der Waals surface area contributed by atoms with Gasteiger partial charge in [-0.2, -0.15) is 5.10 Å². The molecule has 0 bridgehead atoms. The number of amides is 1. The second-order valence-corrected chi connectivity index (χ2v) is 10.0. The van der Waals surface area contributed by atoms with Gasteiger partial charge in [0, 0.05) is 81.0 Å². The second kappa shape index (κ2) is 10.5. The first-order valence-electron chi connectivity index (χ1n) is 12.4. The van der Waals surface area contributed by atoms with Crippen molar-refractivity contribution in [2.24, 2.45) is 0 Å². The zero-order valence-corrected chi connectivity index (χ0v) is 21.2. The Labute approximate surface area is 216 Å². The van der Waals surface area contributed by atoms with Gasteiger partial charge in [0.2, 0.25) is 5.91 Å². The summed E-state index contributed by atoms with van der Waals surface area (Å²) < 4.78 is 1.92. The molecule has 9 heteroatoms. The number of aliphatic hydroxyl groups is 1. The van der Waals surface area contributed by atoms with Crippen LogP contribution in [0.2, 0.25) is 5.02 Å². The minimum Gasteiger partial charge on any atom is -0.506 e. The average Bonchev–Trinajstić information content (AvgIpc) is 3.22. The Bertz CT molecular complexity index is 1240. The van der Waals surface area contributed by atoms with Gasteiger partial charge in [0.05, 0.1) is 24.0 Å². The van der Waals surface area contributed by atoms with E-state index >= 15 is 0 Å². The zero-order valence-electron chi connectivity index (χ0n) is 20.5. The minimum atomic E-state index is -0.580. The Morgan fingerprint density at radius 1 is 1.06 bits per heavy atom. The molecule has 8 nitrogen and oxygen atoms in total. The van der Waals surface area contributed by atoms with E-state index < -0.39 is 6.10 Å². The fourth-order valence-corrected chi connectivity index (χ4v) is 5.43. The van der Waals surface area contributed by atoms with E-state index in [4.69, 9.17) is 16.7 Å². The molecule has 0 radical (unpaired) electrons. The number of nitrogens with zero attached hydrogens (tertiary/aromatic N) is 5. The van der Waals surface area contributed by atoms with E-state index in [2.05, 4.69) is 9.80 Å². The van der Waals surface area contributed by atoms with E-state index in [0.717, 1.165) is 54.4 Å². The fourth-order valence-electron chi connectivity index (χ4n) is 5.24. The molecule has 1 fully saturated rings. The zero-order chi connectivity index (χ0) is 25.2. The predicted octanol–water partition coefficient (Wildman–Crippen LogP) is 3.00. The molecular weight excluding hydrogens is 478 g/mol. The SMILES string of the molecule is CC(=O)N1CCc2c(c(-c3cccc(Cl)c3)nn2CC(O)CN2CCN(c3ccccc3O)CC2)C1. The molecule has 0 spiro atoms. The van der Waals surface area contributed by atoms with Crippen molar-refractivity contribution in [2.45, 2.75) is 32.5 Å². The lowest BCUT2D eigenvalue weighted by Crippen LogP contribution is -2.49. The third kappa shape index (κ3) is 5.21. The number of phenols is 1. The standard InChI is InChI=1S/C27H32ClN5O3/c1-19(34)32-10-9-24-23(18-32)27(20-5-4-6-21(28)15-20)29-33(24)17-22(35)16-30-11-13-31(14-12-30)25-7-2-3-8-26(25)36/h2-8,15,22,35-36H,9-14,16-18H2,1H3. The van der Waals surface area contributed by atoms with Crippen molar-refractivity contribution in [3.63, 3.8) is 0 Å². The summed E-state index contributed by atoms with van der Waals surface area (Å²) in [4.78, 5) is 18.3. The first kappa shape index (κ1) is 24.6. The van der Waals surface area contributed by atoms with Gasteiger partial charge >= 0.3 is 0 Å². The number of halogens is 1. The lowest BCUT2D eigenvalue weighted by molar-refractivity contribution is -0.129. The number of aromatic nitrogens is 2. The molecule has 5 rings (SSSR count). The fraction of sp³-hybridized carbons (Fsp3) is 0.407. The van der Waals surface area contributed by atoms with Crippen molar-refractivity contribution in [1.82, 2.24) is 19.6 Å². The van der Waals surface area contributed by atoms with Gasteiger partial charge in [0.1, 0.15) is 5.75 Å². The highest BCUT2D eigenvalue weighted by Gasteiger charge is 2.28. The van der Waals surface area contributed by atoms with Crippen LogP contribution in [0.1, 0.15) is 18.2 Å². The molecule has 2 aliphatic rings. The predicted molar refractivity (Wildman–Crippen MR) is 140 cm³/mol. The number of β-amino-alcohol motifs (C(OH)–C–C–N with tert-alkyl or cyclic N) is 1. The maximum Gasteiger partial charge on any atom is 0.219 e. The topological polar surface area (TPSA) is 85.1 Å². The number of carbonyl (C=O) groups excluding carboxylic acids is 1. The number of hydrogen-bond donors (Lipinski definition) is 2. The molecule has 1 aromatic heterocycles. The number of piperazine rings is 1. The van der Waals surface area contributed by atoms with Crippen LogP contribution in [0.3, 0.4) is 0 Å². The molecule has 1 unspecified atom stereocenters. The van der Waals surface area contributed by atoms with Gasteiger partial charge in [-0.3, -0.25) is 14.4 Å². The van der Waals surface area contributed by atoms with Gasteiger partial charge < -0.3 is 20.0 Å². The minimum absolute atomic E-state index is 0.0495. The number of aromatic hydroxyl groups is 1. The van der Waals surface area contributed by atoms with Crippen LogP contribution in [-0.4, -0.2) is 81.1 Å². The monoisotopic (exact) mass is 509 g/mol. The first-order valence-corrected chi connectivity index (χ1v) is 12.8. The first-order chi connectivity index (χ1) is 17.4. The summed E-state index contributed by atoms with van der Waals surface area (Å²) >= 11 is 6.25. The Balaban J connectivity index is 1.28. The summed E-state index contributed by atoms with van der Waals surface area (Å²) in [5.74, 6) is 0.349. The van der Waals surface area contributed by atoms with Crippen LogP contribution in [0.15, 0.2) is 48.5 Å². The Morgan fingerprint density at radius 3 is 2.56 bits per heavy atom. The summed E-state index contributed by atoms with van der Waals surface area (Å²) in [6, 6.07) is 15.0. The van der Waals surface area contributed by atoms with Gasteiger partial charge in [0.15, 0.2) is 0 Å². The lowest BCUT2D eigenvalue weighted by atomic mass is 10.0. The number of benzene rings is 2. The molecule has 1 atom stereocenters. The third-order valence-electron chi connectivity index (χ3n) is 7.12. The molecule has 190 valence electrons. The molecule has 2 aliphatic heterocycles. The average molecular weight is 510 g/mol. The Morgan fingerprint density at radius 2 is 1.83 bits per heavy atom. The molecule has 0 saturated carbocycles. The van der Waals surface area contributed by atoms with Crippen LogP contribution in [0, 0.1) is 0 Å². The molecule has 0 aliphatic carbocycles. The number of phenolic OH excluding ortho intramolecular Hbond substituents is 1. The third-order valence-corrected chi connectivity index (χ3v) is 7.36. The molecule has 1 amide bonds. The molecule has 36 heavy (non-hydrogen) atoms. The van der Waals surface area contributed by atoms with E-state index in [1.54, 1.807) is 13.0 Å². The highest BCUT2D eigenvalue weighted by molar-refractivity contribution is 6.30. The maximum atomic E-state index is 12.1. The van der Waals surface area contributed by atoms with Crippen LogP contribution < -0.4 is 4.90 Å². The van der Waals surface area contributed by atoms with Gasteiger partial charge in [-0.1, -0.05) is 35.9 Å². The number of anilines is 1. The normalized spacial score (nSPS) is 17.2. The van der Waals surface area contributed by atoms with Crippen LogP contribution >= 0.6 is 11.6 Å². The van der Waals surface area contributed by atoms with Gasteiger partial charge in [-0.05, 0) is 24.3 Å². The van der Waals surface area contributed by atoms with Crippen molar-refractivity contribution in [2.75, 3.05) is 44.2 Å². The summed E-state index contributed by atoms with van der Waals surface area (Å²) in [6.07, 6.45) is 0.123. The molecule has 1 saturated heterocycles. The van der Waals surface area contributed by atoms with E-state index in [1.807, 2.05) is 52.0 Å². The summed E-state index contributed by atoms with van der Waals surface area (Å²) in [6.45, 7) is 6.90. The molecule has 2 aromatic carbocycles. The largest absolute Gasteiger partial charge is 0.506 e. The second-order valence-electron chi connectivity index (χ2n) is 9.59. The number of carbonyl (C=O) groups is 1. The van der Waals surface area contributed by atoms with E-state index in [-0.39, 0.29) is 5.91 Å². The smallest absolute Gasteiger partial charge is 0.219 e. The van der Waals surface area contributed by atoms with Gasteiger partial charge in [0.25, 0.3) is 0 Å². The molecule has 2 N–H and O–H groups in total. The lowest BCUT2D eigenvalue weighted by Gasteiger charge is -2.37. The number of fused-ring (bicyclic) bond motifs is 1. The number of rotatable bonds is 6. The van der Waals surface area contributed by atoms with Crippen LogP contribution in [-0.2, 0) is 24.3 Å². The summed E-state index contributed by atoms with van der Waals surface area (Å²) in [7, 11) is 0. The Hall–Kier alpha value is -3.07. The highest BCUT2D eigenvalue weighted by Crippen LogP contribution is 2.32. The van der Waals surface area contributed by atoms with E-state index in [9.17, 15) is 15.0 Å². The summed E-state index contributed by atoms with van der Waals surface area (Å²) in [5, 5.41) is 26.7. The van der Waals surface area contributed by atoms with Crippen LogP contribution in [0.25, 0.3) is 11.3 Å². The quantitative estimate of drug-likeness (QED) is 0.531. The van der Waals surface area contributed by atoms with Crippen molar-refractivity contribution >= 4 is 23.2 Å². The molecule has 3 heterocycles. The number of para-hydroxylation sites is 2. The molecular formula is C27H32ClN5O3. The van der Waals surface area contributed by atoms with Crippen molar-refractivity contribution < 1.29 is 15.0 Å². The maximum absolute atomic E-state index is 12.1. The molecule has 3 aromatic rings. The number of aliphatic hydroxyl groups excluding tert-OH is 1. The van der Waals surface area contributed by atoms with E-state index in [1.165, 1.54) is 0 Å². The van der Waals surface area contributed by atoms with Crippen molar-refractivity contribution in [1.29, 1.82) is 0 Å². The van der Waals surface area contributed by atoms with Crippen molar-refractivity contribution in [3.05, 3.63) is 64.8 Å². The Kier molecular flexibility index (Phi) is 7.18. The number of hydrogen-bond acceptors (Lipinski definition) is 6. The van der Waals surface area contributed by atoms with Crippen molar-refractivity contribution in [3.8, 4) is 17.0 Å². The van der Waals surface area contributed by atoms with Gasteiger partial charge in [-0.25, -0.2) is 0 Å². The van der Waals surface area contributed by atoms with Crippen LogP contribution in [0.4, 0.5) is 5.69 Å². The summed E-state index contributed by atoms with van der Waals surface area (Å²) in [5.41, 5.74) is 4.70. The highest BCUT2D eigenvalue weighted by atomic mass is 35.5. The van der Waals surface area contributed by atoms with E-state index in [0.29, 0.717) is 43.4 Å².